The topological polar surface area (TPSA) is 94.3 Å². The van der Waals surface area contributed by atoms with Crippen LogP contribution in [-0.4, -0.2) is 39.5 Å². The summed E-state index contributed by atoms with van der Waals surface area (Å²) in [5, 5.41) is 17.9. The van der Waals surface area contributed by atoms with E-state index in [9.17, 15) is 14.7 Å². The third-order valence-electron chi connectivity index (χ3n) is 3.52. The summed E-state index contributed by atoms with van der Waals surface area (Å²) in [6, 6.07) is 4.08. The molecule has 1 aromatic heterocycles. The Hall–Kier alpha value is -2.42. The predicted molar refractivity (Wildman–Crippen MR) is 69.8 cm³/mol. The minimum atomic E-state index is -0.987. The monoisotopic (exact) mass is 273 g/mol. The number of nitriles is 1. The number of carboxylic acids is 1. The van der Waals surface area contributed by atoms with Gasteiger partial charge in [0.15, 0.2) is 0 Å². The van der Waals surface area contributed by atoms with Crippen molar-refractivity contribution in [2.24, 2.45) is 5.92 Å². The van der Waals surface area contributed by atoms with Gasteiger partial charge in [0.2, 0.25) is 0 Å². The molecule has 104 valence electrons. The third kappa shape index (κ3) is 2.77. The Morgan fingerprint density at radius 2 is 2.25 bits per heavy atom. The summed E-state index contributed by atoms with van der Waals surface area (Å²) >= 11 is 0. The van der Waals surface area contributed by atoms with Crippen LogP contribution in [0.25, 0.3) is 0 Å². The molecular formula is C14H15N3O3. The van der Waals surface area contributed by atoms with Crippen molar-refractivity contribution in [3.05, 3.63) is 29.6 Å². The van der Waals surface area contributed by atoms with Crippen LogP contribution in [0, 0.1) is 17.2 Å². The highest BCUT2D eigenvalue weighted by atomic mass is 16.4. The zero-order valence-electron chi connectivity index (χ0n) is 11.1. The molecule has 2 unspecified atom stereocenters. The molecule has 1 aliphatic heterocycles. The van der Waals surface area contributed by atoms with Gasteiger partial charge >= 0.3 is 5.97 Å². The number of nitrogens with zero attached hydrogens (tertiary/aromatic N) is 3. The number of carboxylic acid groups (broad SMARTS) is 1. The van der Waals surface area contributed by atoms with Crippen molar-refractivity contribution < 1.29 is 14.7 Å². The smallest absolute Gasteiger partial charge is 0.326 e. The van der Waals surface area contributed by atoms with Gasteiger partial charge in [-0.05, 0) is 30.9 Å². The highest BCUT2D eigenvalue weighted by molar-refractivity contribution is 5.95. The Balaban J connectivity index is 2.21. The fraction of sp³-hybridized carbons (Fsp3) is 0.429. The van der Waals surface area contributed by atoms with Gasteiger partial charge in [-0.3, -0.25) is 4.79 Å². The first-order valence-corrected chi connectivity index (χ1v) is 6.43. The third-order valence-corrected chi connectivity index (χ3v) is 3.52. The van der Waals surface area contributed by atoms with E-state index in [1.807, 2.05) is 13.0 Å². The first-order valence-electron chi connectivity index (χ1n) is 6.43. The van der Waals surface area contributed by atoms with Crippen molar-refractivity contribution in [2.75, 3.05) is 6.54 Å². The second-order valence-corrected chi connectivity index (χ2v) is 5.03. The summed E-state index contributed by atoms with van der Waals surface area (Å²) in [4.78, 5) is 28.9. The highest BCUT2D eigenvalue weighted by Crippen LogP contribution is 2.24. The Morgan fingerprint density at radius 1 is 1.50 bits per heavy atom. The first-order chi connectivity index (χ1) is 9.52. The van der Waals surface area contributed by atoms with Crippen LogP contribution >= 0.6 is 0 Å². The molecule has 6 heteroatoms. The number of rotatable bonds is 2. The number of hydrogen-bond acceptors (Lipinski definition) is 4. The lowest BCUT2D eigenvalue weighted by Gasteiger charge is -2.35. The molecule has 0 saturated carbocycles. The number of likely N-dealkylation sites (tertiary alicyclic amines) is 1. The molecule has 0 radical (unpaired) electrons. The van der Waals surface area contributed by atoms with Crippen molar-refractivity contribution in [1.82, 2.24) is 9.88 Å². The van der Waals surface area contributed by atoms with Crippen molar-refractivity contribution in [3.63, 3.8) is 0 Å². The summed E-state index contributed by atoms with van der Waals surface area (Å²) in [6.07, 6.45) is 2.55. The number of carbonyl (C=O) groups excluding carboxylic acids is 1. The SMILES string of the molecule is CC1CCN(C(=O)c2ccc(C#N)cn2)C(C(=O)O)C1. The molecular weight excluding hydrogens is 258 g/mol. The first kappa shape index (κ1) is 14.0. The van der Waals surface area contributed by atoms with Crippen LogP contribution < -0.4 is 0 Å². The van der Waals surface area contributed by atoms with E-state index < -0.39 is 17.9 Å². The van der Waals surface area contributed by atoms with Crippen LogP contribution in [0.5, 0.6) is 0 Å². The fourth-order valence-electron chi connectivity index (χ4n) is 2.35. The van der Waals surface area contributed by atoms with Gasteiger partial charge in [-0.1, -0.05) is 6.92 Å². The van der Waals surface area contributed by atoms with Crippen LogP contribution in [-0.2, 0) is 4.79 Å². The quantitative estimate of drug-likeness (QED) is 0.875. The van der Waals surface area contributed by atoms with E-state index in [1.165, 1.54) is 23.2 Å². The van der Waals surface area contributed by atoms with Crippen molar-refractivity contribution in [2.45, 2.75) is 25.8 Å². The number of piperidine rings is 1. The van der Waals surface area contributed by atoms with Crippen molar-refractivity contribution in [3.8, 4) is 6.07 Å². The number of aromatic nitrogens is 1. The van der Waals surface area contributed by atoms with Gasteiger partial charge in [-0.2, -0.15) is 5.26 Å². The second-order valence-electron chi connectivity index (χ2n) is 5.03. The molecule has 6 nitrogen and oxygen atoms in total. The fourth-order valence-corrected chi connectivity index (χ4v) is 2.35. The van der Waals surface area contributed by atoms with Crippen LogP contribution in [0.2, 0.25) is 0 Å². The number of hydrogen-bond donors (Lipinski definition) is 1. The Kier molecular flexibility index (Phi) is 3.99. The number of aliphatic carboxylic acids is 1. The molecule has 0 spiro atoms. The molecule has 2 atom stereocenters. The zero-order chi connectivity index (χ0) is 14.7. The lowest BCUT2D eigenvalue weighted by atomic mass is 9.92. The van der Waals surface area contributed by atoms with Gasteiger partial charge in [0, 0.05) is 12.7 Å². The molecule has 2 rings (SSSR count). The summed E-state index contributed by atoms with van der Waals surface area (Å²) in [6.45, 7) is 2.40. The Morgan fingerprint density at radius 3 is 2.80 bits per heavy atom. The van der Waals surface area contributed by atoms with Gasteiger partial charge in [0.25, 0.3) is 5.91 Å². The molecule has 0 bridgehead atoms. The van der Waals surface area contributed by atoms with E-state index in [-0.39, 0.29) is 11.6 Å². The van der Waals surface area contributed by atoms with E-state index in [0.717, 1.165) is 6.42 Å². The van der Waals surface area contributed by atoms with Crippen LogP contribution in [0.1, 0.15) is 35.8 Å². The Bertz CT molecular complexity index is 562. The van der Waals surface area contributed by atoms with Crippen LogP contribution in [0.15, 0.2) is 18.3 Å². The maximum Gasteiger partial charge on any atom is 0.326 e. The van der Waals surface area contributed by atoms with E-state index in [4.69, 9.17) is 5.26 Å². The molecule has 0 aromatic carbocycles. The average molecular weight is 273 g/mol. The number of carbonyl (C=O) groups is 2. The van der Waals surface area contributed by atoms with Crippen LogP contribution in [0.4, 0.5) is 0 Å². The summed E-state index contributed by atoms with van der Waals surface area (Å²) < 4.78 is 0. The second kappa shape index (κ2) is 5.70. The van der Waals surface area contributed by atoms with Crippen molar-refractivity contribution in [1.29, 1.82) is 5.26 Å². The van der Waals surface area contributed by atoms with Gasteiger partial charge in [0.1, 0.15) is 17.8 Å². The van der Waals surface area contributed by atoms with E-state index in [2.05, 4.69) is 4.98 Å². The van der Waals surface area contributed by atoms with Gasteiger partial charge in [0.05, 0.1) is 5.56 Å². The van der Waals surface area contributed by atoms with E-state index in [0.29, 0.717) is 18.5 Å². The van der Waals surface area contributed by atoms with E-state index in [1.54, 1.807) is 0 Å². The number of pyridine rings is 1. The standard InChI is InChI=1S/C14H15N3O3/c1-9-4-5-17(12(6-9)14(19)20)13(18)11-3-2-10(7-15)8-16-11/h2-3,8-9,12H,4-6H2,1H3,(H,19,20). The summed E-state index contributed by atoms with van der Waals surface area (Å²) in [5.41, 5.74) is 0.536. The Labute approximate surface area is 116 Å². The minimum absolute atomic E-state index is 0.171. The lowest BCUT2D eigenvalue weighted by Crippen LogP contribution is -2.50. The van der Waals surface area contributed by atoms with Crippen molar-refractivity contribution >= 4 is 11.9 Å². The lowest BCUT2D eigenvalue weighted by molar-refractivity contribution is -0.144. The molecule has 1 N–H and O–H groups in total. The maximum atomic E-state index is 12.3. The summed E-state index contributed by atoms with van der Waals surface area (Å²) in [7, 11) is 0. The zero-order valence-corrected chi connectivity index (χ0v) is 11.1. The molecule has 1 amide bonds. The molecule has 0 aliphatic carbocycles. The largest absolute Gasteiger partial charge is 0.480 e. The predicted octanol–water partition coefficient (Wildman–Crippen LogP) is 1.28. The molecule has 1 fully saturated rings. The normalized spacial score (nSPS) is 22.1. The molecule has 20 heavy (non-hydrogen) atoms. The molecule has 2 heterocycles. The molecule has 1 aromatic rings. The molecule has 1 saturated heterocycles. The minimum Gasteiger partial charge on any atom is -0.480 e. The molecule has 1 aliphatic rings. The van der Waals surface area contributed by atoms with E-state index >= 15 is 0 Å². The highest BCUT2D eigenvalue weighted by Gasteiger charge is 2.35. The van der Waals surface area contributed by atoms with Gasteiger partial charge in [-0.25, -0.2) is 9.78 Å². The summed E-state index contributed by atoms with van der Waals surface area (Å²) in [5.74, 6) is -1.10. The maximum absolute atomic E-state index is 12.3. The average Bonchev–Trinajstić information content (AvgIpc) is 2.46. The number of amides is 1. The van der Waals surface area contributed by atoms with Gasteiger partial charge < -0.3 is 10.0 Å². The van der Waals surface area contributed by atoms with Gasteiger partial charge in [-0.15, -0.1) is 0 Å². The van der Waals surface area contributed by atoms with Crippen LogP contribution in [0.3, 0.4) is 0 Å².